The number of aliphatic carboxylic acids is 1. The highest BCUT2D eigenvalue weighted by atomic mass is 16.4. The number of unbranched alkanes of at least 4 members (excludes halogenated alkanes) is 1. The number of imide groups is 1. The molecule has 160 valence electrons. The fourth-order valence-corrected chi connectivity index (χ4v) is 3.25. The Bertz CT molecular complexity index is 815. The van der Waals surface area contributed by atoms with Gasteiger partial charge in [0.15, 0.2) is 0 Å². The molecule has 11 nitrogen and oxygen atoms in total. The number of hydrogen-bond donors (Lipinski definition) is 6. The van der Waals surface area contributed by atoms with Crippen LogP contribution in [0.1, 0.15) is 42.5 Å². The second-order valence-electron chi connectivity index (χ2n) is 6.85. The maximum absolute atomic E-state index is 12.2. The van der Waals surface area contributed by atoms with Crippen molar-refractivity contribution in [2.75, 3.05) is 6.54 Å². The van der Waals surface area contributed by atoms with Crippen molar-refractivity contribution >= 4 is 48.9 Å². The molecule has 1 atom stereocenters. The van der Waals surface area contributed by atoms with Crippen LogP contribution in [0, 0.1) is 0 Å². The summed E-state index contributed by atoms with van der Waals surface area (Å²) in [6.07, 6.45) is 0.802. The van der Waals surface area contributed by atoms with E-state index < -0.39 is 44.0 Å². The number of carboxylic acid groups (broad SMARTS) is 1. The number of carboxylic acids is 1. The maximum Gasteiger partial charge on any atom is 0.488 e. The summed E-state index contributed by atoms with van der Waals surface area (Å²) in [5.74, 6) is -2.81. The molecule has 1 aliphatic heterocycles. The van der Waals surface area contributed by atoms with E-state index in [2.05, 4.69) is 5.32 Å². The van der Waals surface area contributed by atoms with Gasteiger partial charge in [-0.15, -0.1) is 0 Å². The zero-order valence-corrected chi connectivity index (χ0v) is 16.0. The summed E-state index contributed by atoms with van der Waals surface area (Å²) in [5.41, 5.74) is -0.298. The monoisotopic (exact) mass is 420 g/mol. The largest absolute Gasteiger partial charge is 0.488 e. The summed E-state index contributed by atoms with van der Waals surface area (Å²) in [6, 6.07) is 2.38. The summed E-state index contributed by atoms with van der Waals surface area (Å²) >= 11 is 0. The Morgan fingerprint density at radius 2 is 1.60 bits per heavy atom. The van der Waals surface area contributed by atoms with Gasteiger partial charge in [-0.05, 0) is 36.3 Å². The zero-order valence-electron chi connectivity index (χ0n) is 16.0. The Morgan fingerprint density at radius 3 is 2.13 bits per heavy atom. The van der Waals surface area contributed by atoms with Crippen LogP contribution in [0.15, 0.2) is 18.2 Å². The number of benzene rings is 1. The summed E-state index contributed by atoms with van der Waals surface area (Å²) in [5, 5.41) is 49.0. The second-order valence-corrected chi connectivity index (χ2v) is 6.85. The molecule has 0 saturated carbocycles. The quantitative estimate of drug-likeness (QED) is 0.127. The lowest BCUT2D eigenvalue weighted by atomic mass is 9.65. The predicted octanol–water partition coefficient (Wildman–Crippen LogP) is -3.45. The van der Waals surface area contributed by atoms with Crippen LogP contribution in [-0.4, -0.2) is 80.6 Å². The molecule has 13 heteroatoms. The van der Waals surface area contributed by atoms with Crippen LogP contribution in [0.25, 0.3) is 0 Å². The molecule has 3 amide bonds. The van der Waals surface area contributed by atoms with Gasteiger partial charge in [0.2, 0.25) is 11.8 Å². The van der Waals surface area contributed by atoms with E-state index in [0.29, 0.717) is 12.8 Å². The van der Waals surface area contributed by atoms with Crippen molar-refractivity contribution in [2.45, 2.75) is 38.1 Å². The molecule has 0 aromatic heterocycles. The molecule has 1 saturated heterocycles. The third-order valence-corrected chi connectivity index (χ3v) is 4.78. The van der Waals surface area contributed by atoms with Gasteiger partial charge in [-0.1, -0.05) is 12.1 Å². The van der Waals surface area contributed by atoms with E-state index in [0.717, 1.165) is 11.0 Å². The van der Waals surface area contributed by atoms with Crippen LogP contribution >= 0.6 is 0 Å². The van der Waals surface area contributed by atoms with Crippen LogP contribution in [0.5, 0.6) is 0 Å². The minimum Gasteiger partial charge on any atom is -0.480 e. The Hall–Kier alpha value is -2.73. The van der Waals surface area contributed by atoms with Crippen molar-refractivity contribution in [1.82, 2.24) is 10.2 Å². The molecule has 0 bridgehead atoms. The van der Waals surface area contributed by atoms with Gasteiger partial charge in [-0.25, -0.2) is 4.79 Å². The summed E-state index contributed by atoms with van der Waals surface area (Å²) in [7, 11) is -3.94. The third kappa shape index (κ3) is 5.66. The minimum atomic E-state index is -2.00. The highest BCUT2D eigenvalue weighted by Gasteiger charge is 2.38. The number of nitrogens with zero attached hydrogens (tertiary/aromatic N) is 1. The van der Waals surface area contributed by atoms with E-state index in [-0.39, 0.29) is 42.3 Å². The highest BCUT2D eigenvalue weighted by molar-refractivity contribution is 6.71. The first-order chi connectivity index (χ1) is 14.1. The van der Waals surface area contributed by atoms with Gasteiger partial charge < -0.3 is 30.5 Å². The molecule has 1 aromatic rings. The first kappa shape index (κ1) is 23.5. The van der Waals surface area contributed by atoms with Crippen LogP contribution in [0.4, 0.5) is 0 Å². The Kier molecular flexibility index (Phi) is 8.12. The number of likely N-dealkylation sites (tertiary alicyclic amines) is 1. The molecule has 1 fully saturated rings. The van der Waals surface area contributed by atoms with E-state index >= 15 is 0 Å². The van der Waals surface area contributed by atoms with Gasteiger partial charge in [-0.3, -0.25) is 19.3 Å². The second kappa shape index (κ2) is 10.3. The van der Waals surface area contributed by atoms with Gasteiger partial charge in [0.1, 0.15) is 6.04 Å². The van der Waals surface area contributed by atoms with Crippen LogP contribution in [-0.2, 0) is 14.4 Å². The minimum absolute atomic E-state index is 0.00922. The summed E-state index contributed by atoms with van der Waals surface area (Å²) in [4.78, 5) is 47.9. The molecule has 0 aliphatic carbocycles. The molecule has 2 rings (SSSR count). The van der Waals surface area contributed by atoms with Gasteiger partial charge in [-0.2, -0.15) is 0 Å². The van der Waals surface area contributed by atoms with Gasteiger partial charge in [0, 0.05) is 24.9 Å². The molecular formula is C17H22B2N2O9. The van der Waals surface area contributed by atoms with Crippen molar-refractivity contribution in [3.8, 4) is 0 Å². The smallest absolute Gasteiger partial charge is 0.480 e. The molecule has 1 heterocycles. The van der Waals surface area contributed by atoms with Crippen molar-refractivity contribution in [1.29, 1.82) is 0 Å². The van der Waals surface area contributed by atoms with Crippen LogP contribution in [0.2, 0.25) is 0 Å². The van der Waals surface area contributed by atoms with Gasteiger partial charge >= 0.3 is 20.2 Å². The molecule has 1 unspecified atom stereocenters. The van der Waals surface area contributed by atoms with E-state index in [1.165, 1.54) is 12.1 Å². The Balaban J connectivity index is 1.87. The number of carbonyl (C=O) groups is 4. The van der Waals surface area contributed by atoms with Crippen LogP contribution < -0.4 is 16.2 Å². The molecule has 1 aliphatic rings. The highest BCUT2D eigenvalue weighted by Crippen LogP contribution is 2.19. The lowest BCUT2D eigenvalue weighted by Gasteiger charge is -2.22. The fourth-order valence-electron chi connectivity index (χ4n) is 3.25. The van der Waals surface area contributed by atoms with E-state index in [4.69, 9.17) is 0 Å². The number of hydrogen-bond acceptors (Lipinski definition) is 8. The standard InChI is InChI=1S/C17H22B2N2O9/c22-14-6-7-15(23)21(14)13(17(25)26)3-1-2-8-20-16(24)10-4-5-11(18(27)28)12(9-10)19(29)30/h4-5,9,13,27-30H,1-3,6-8H2,(H,20,24)(H,25,26). The SMILES string of the molecule is O=C(NCCCCC(C(=O)O)N1C(=O)CCC1=O)c1ccc(B(O)O)c(B(O)O)c1. The predicted molar refractivity (Wildman–Crippen MR) is 105 cm³/mol. The fraction of sp³-hybridized carbons (Fsp3) is 0.412. The van der Waals surface area contributed by atoms with Crippen LogP contribution in [0.3, 0.4) is 0 Å². The van der Waals surface area contributed by atoms with E-state index in [1.54, 1.807) is 0 Å². The topological polar surface area (TPSA) is 185 Å². The van der Waals surface area contributed by atoms with Crippen molar-refractivity contribution in [3.05, 3.63) is 23.8 Å². The number of nitrogens with one attached hydrogen (secondary N) is 1. The molecular weight excluding hydrogens is 398 g/mol. The number of rotatable bonds is 10. The summed E-state index contributed by atoms with van der Waals surface area (Å²) < 4.78 is 0. The summed E-state index contributed by atoms with van der Waals surface area (Å²) in [6.45, 7) is 0.175. The molecule has 0 radical (unpaired) electrons. The number of amides is 3. The van der Waals surface area contributed by atoms with Gasteiger partial charge in [0.05, 0.1) is 0 Å². The average Bonchev–Trinajstić information content (AvgIpc) is 3.01. The number of carbonyl (C=O) groups excluding carboxylic acids is 3. The Labute approximate surface area is 172 Å². The first-order valence-corrected chi connectivity index (χ1v) is 9.35. The van der Waals surface area contributed by atoms with E-state index in [9.17, 15) is 44.4 Å². The third-order valence-electron chi connectivity index (χ3n) is 4.78. The lowest BCUT2D eigenvalue weighted by Crippen LogP contribution is -2.49. The average molecular weight is 420 g/mol. The molecule has 6 N–H and O–H groups in total. The zero-order chi connectivity index (χ0) is 22.4. The molecule has 30 heavy (non-hydrogen) atoms. The van der Waals surface area contributed by atoms with Crippen molar-refractivity contribution in [2.24, 2.45) is 0 Å². The maximum atomic E-state index is 12.2. The van der Waals surface area contributed by atoms with Crippen molar-refractivity contribution in [3.63, 3.8) is 0 Å². The van der Waals surface area contributed by atoms with Gasteiger partial charge in [0.25, 0.3) is 5.91 Å². The molecule has 0 spiro atoms. The normalized spacial score (nSPS) is 14.6. The van der Waals surface area contributed by atoms with Crippen molar-refractivity contribution < 1.29 is 44.4 Å². The van der Waals surface area contributed by atoms with E-state index in [1.807, 2.05) is 0 Å². The first-order valence-electron chi connectivity index (χ1n) is 9.35. The lowest BCUT2D eigenvalue weighted by molar-refractivity contribution is -0.154. The molecule has 1 aromatic carbocycles. The Morgan fingerprint density at radius 1 is 1.00 bits per heavy atom.